The van der Waals surface area contributed by atoms with E-state index in [-0.39, 0.29) is 18.0 Å². The first kappa shape index (κ1) is 14.6. The fourth-order valence-corrected chi connectivity index (χ4v) is 3.28. The van der Waals surface area contributed by atoms with Crippen molar-refractivity contribution in [3.63, 3.8) is 0 Å². The van der Waals surface area contributed by atoms with Crippen LogP contribution in [0.15, 0.2) is 29.5 Å². The van der Waals surface area contributed by atoms with Crippen molar-refractivity contribution in [3.8, 4) is 0 Å². The molecule has 0 unspecified atom stereocenters. The van der Waals surface area contributed by atoms with Crippen LogP contribution in [0.25, 0.3) is 20.4 Å². The van der Waals surface area contributed by atoms with Gasteiger partial charge in [0, 0.05) is 18.1 Å². The Kier molecular flexibility index (Phi) is 4.15. The van der Waals surface area contributed by atoms with E-state index in [1.54, 1.807) is 6.20 Å². The molecule has 0 atom stereocenters. The second kappa shape index (κ2) is 6.23. The fraction of sp³-hybridized carbons (Fsp3) is 0.333. The van der Waals surface area contributed by atoms with Gasteiger partial charge in [-0.05, 0) is 18.6 Å². The van der Waals surface area contributed by atoms with Crippen molar-refractivity contribution in [3.05, 3.63) is 35.0 Å². The lowest BCUT2D eigenvalue weighted by Gasteiger charge is -2.06. The fourth-order valence-electron chi connectivity index (χ4n) is 2.23. The van der Waals surface area contributed by atoms with Gasteiger partial charge in [0.2, 0.25) is 5.91 Å². The van der Waals surface area contributed by atoms with E-state index in [0.29, 0.717) is 16.8 Å². The van der Waals surface area contributed by atoms with Gasteiger partial charge in [-0.15, -0.1) is 11.3 Å². The van der Waals surface area contributed by atoms with Crippen LogP contribution < -0.4 is 10.9 Å². The first-order valence-electron chi connectivity index (χ1n) is 7.20. The quantitative estimate of drug-likeness (QED) is 0.730. The molecule has 22 heavy (non-hydrogen) atoms. The maximum absolute atomic E-state index is 12.5. The Hall–Kier alpha value is -2.28. The normalized spacial score (nSPS) is 11.1. The van der Waals surface area contributed by atoms with Gasteiger partial charge in [-0.3, -0.25) is 14.2 Å². The molecular weight excluding hydrogens is 300 g/mol. The highest BCUT2D eigenvalue weighted by molar-refractivity contribution is 7.25. The second-order valence-corrected chi connectivity index (χ2v) is 6.02. The number of hydrogen-bond donors (Lipinski definition) is 1. The summed E-state index contributed by atoms with van der Waals surface area (Å²) >= 11 is 1.31. The topological polar surface area (TPSA) is 76.9 Å². The highest BCUT2D eigenvalue weighted by atomic mass is 32.1. The monoisotopic (exact) mass is 316 g/mol. The largest absolute Gasteiger partial charge is 0.355 e. The van der Waals surface area contributed by atoms with Gasteiger partial charge < -0.3 is 5.32 Å². The van der Waals surface area contributed by atoms with Gasteiger partial charge >= 0.3 is 0 Å². The van der Waals surface area contributed by atoms with E-state index in [0.717, 1.165) is 23.1 Å². The number of thiophene rings is 1. The zero-order valence-corrected chi connectivity index (χ0v) is 13.0. The number of aromatic nitrogens is 3. The van der Waals surface area contributed by atoms with Crippen molar-refractivity contribution in [1.82, 2.24) is 19.9 Å². The molecule has 0 saturated carbocycles. The first-order valence-corrected chi connectivity index (χ1v) is 8.01. The summed E-state index contributed by atoms with van der Waals surface area (Å²) in [6.07, 6.45) is 5.07. The van der Waals surface area contributed by atoms with E-state index < -0.39 is 0 Å². The molecule has 3 rings (SSSR count). The van der Waals surface area contributed by atoms with Crippen LogP contribution in [0.2, 0.25) is 0 Å². The smallest absolute Gasteiger partial charge is 0.271 e. The van der Waals surface area contributed by atoms with Gasteiger partial charge in [-0.25, -0.2) is 9.97 Å². The lowest BCUT2D eigenvalue weighted by molar-refractivity contribution is -0.121. The van der Waals surface area contributed by atoms with Crippen LogP contribution in [-0.4, -0.2) is 27.0 Å². The van der Waals surface area contributed by atoms with Gasteiger partial charge in [0.05, 0.1) is 11.8 Å². The van der Waals surface area contributed by atoms with Crippen molar-refractivity contribution in [2.24, 2.45) is 0 Å². The minimum atomic E-state index is -0.196. The van der Waals surface area contributed by atoms with Crippen LogP contribution in [0.1, 0.15) is 19.8 Å². The number of carbonyl (C=O) groups excluding carboxylic acids is 1. The summed E-state index contributed by atoms with van der Waals surface area (Å²) in [5.41, 5.74) is 0.458. The number of rotatable bonds is 5. The Balaban J connectivity index is 1.92. The molecule has 7 heteroatoms. The lowest BCUT2D eigenvalue weighted by atomic mass is 10.3. The van der Waals surface area contributed by atoms with E-state index in [1.807, 2.05) is 12.1 Å². The van der Waals surface area contributed by atoms with Crippen molar-refractivity contribution in [2.45, 2.75) is 26.3 Å². The van der Waals surface area contributed by atoms with Gasteiger partial charge in [-0.2, -0.15) is 0 Å². The molecule has 0 fully saturated rings. The molecule has 3 heterocycles. The number of carbonyl (C=O) groups is 1. The Labute approximate surface area is 130 Å². The van der Waals surface area contributed by atoms with Crippen LogP contribution in [0.4, 0.5) is 0 Å². The molecule has 0 aliphatic heterocycles. The predicted octanol–water partition coefficient (Wildman–Crippen LogP) is 1.92. The SMILES string of the molecule is CCCCNC(=O)Cn1cnc2c(sc3ncccc32)c1=O. The molecule has 0 aliphatic carbocycles. The van der Waals surface area contributed by atoms with E-state index in [4.69, 9.17) is 0 Å². The number of pyridine rings is 1. The number of nitrogens with one attached hydrogen (secondary N) is 1. The number of fused-ring (bicyclic) bond motifs is 3. The summed E-state index contributed by atoms with van der Waals surface area (Å²) in [5, 5.41) is 3.67. The third kappa shape index (κ3) is 2.71. The molecule has 3 aromatic heterocycles. The summed E-state index contributed by atoms with van der Waals surface area (Å²) in [7, 11) is 0. The molecule has 0 saturated heterocycles. The van der Waals surface area contributed by atoms with Gasteiger partial charge in [0.25, 0.3) is 5.56 Å². The molecule has 0 spiro atoms. The minimum absolute atomic E-state index is 0.00678. The average Bonchev–Trinajstić information content (AvgIpc) is 2.90. The summed E-state index contributed by atoms with van der Waals surface area (Å²) in [6, 6.07) is 3.72. The van der Waals surface area contributed by atoms with E-state index in [9.17, 15) is 9.59 Å². The lowest BCUT2D eigenvalue weighted by Crippen LogP contribution is -2.32. The summed E-state index contributed by atoms with van der Waals surface area (Å²) in [6.45, 7) is 2.68. The third-order valence-electron chi connectivity index (χ3n) is 3.39. The van der Waals surface area contributed by atoms with Crippen molar-refractivity contribution in [1.29, 1.82) is 0 Å². The van der Waals surface area contributed by atoms with Crippen LogP contribution in [0.5, 0.6) is 0 Å². The summed E-state index contributed by atoms with van der Waals surface area (Å²) in [5.74, 6) is -0.170. The van der Waals surface area contributed by atoms with Gasteiger partial charge in [0.1, 0.15) is 16.1 Å². The van der Waals surface area contributed by atoms with Crippen molar-refractivity contribution >= 4 is 37.7 Å². The second-order valence-electron chi connectivity index (χ2n) is 5.02. The summed E-state index contributed by atoms with van der Waals surface area (Å²) < 4.78 is 1.89. The highest BCUT2D eigenvalue weighted by Gasteiger charge is 2.13. The molecule has 0 aliphatic rings. The van der Waals surface area contributed by atoms with Crippen molar-refractivity contribution in [2.75, 3.05) is 6.54 Å². The summed E-state index contributed by atoms with van der Waals surface area (Å²) in [4.78, 5) is 33.7. The van der Waals surface area contributed by atoms with Crippen molar-refractivity contribution < 1.29 is 4.79 Å². The standard InChI is InChI=1S/C15H16N4O2S/c1-2-3-6-16-11(20)8-19-9-18-12-10-5-4-7-17-14(10)22-13(12)15(19)21/h4-5,7,9H,2-3,6,8H2,1H3,(H,16,20). The number of unbranched alkanes of at least 4 members (excludes halogenated alkanes) is 1. The van der Waals surface area contributed by atoms with E-state index in [1.165, 1.54) is 22.2 Å². The third-order valence-corrected chi connectivity index (χ3v) is 4.48. The zero-order chi connectivity index (χ0) is 15.5. The van der Waals surface area contributed by atoms with Crippen LogP contribution in [0.3, 0.4) is 0 Å². The highest BCUT2D eigenvalue weighted by Crippen LogP contribution is 2.27. The maximum atomic E-state index is 12.5. The Morgan fingerprint density at radius 3 is 3.09 bits per heavy atom. The minimum Gasteiger partial charge on any atom is -0.355 e. The van der Waals surface area contributed by atoms with Gasteiger partial charge in [-0.1, -0.05) is 13.3 Å². The van der Waals surface area contributed by atoms with E-state index in [2.05, 4.69) is 22.2 Å². The molecule has 1 N–H and O–H groups in total. The Morgan fingerprint density at radius 2 is 2.27 bits per heavy atom. The Morgan fingerprint density at radius 1 is 1.41 bits per heavy atom. The van der Waals surface area contributed by atoms with Gasteiger partial charge in [0.15, 0.2) is 0 Å². The number of hydrogen-bond acceptors (Lipinski definition) is 5. The van der Waals surface area contributed by atoms with Crippen LogP contribution in [0, 0.1) is 0 Å². The molecule has 6 nitrogen and oxygen atoms in total. The molecule has 114 valence electrons. The molecule has 0 radical (unpaired) electrons. The molecule has 0 aromatic carbocycles. The first-order chi connectivity index (χ1) is 10.7. The van der Waals surface area contributed by atoms with Crippen LogP contribution >= 0.6 is 11.3 Å². The zero-order valence-electron chi connectivity index (χ0n) is 12.2. The molecule has 0 bridgehead atoms. The van der Waals surface area contributed by atoms with E-state index >= 15 is 0 Å². The molecule has 1 amide bonds. The molecule has 3 aromatic rings. The Bertz CT molecular complexity index is 884. The predicted molar refractivity (Wildman–Crippen MR) is 87.1 cm³/mol. The number of amides is 1. The maximum Gasteiger partial charge on any atom is 0.271 e. The number of nitrogens with zero attached hydrogens (tertiary/aromatic N) is 3. The molecular formula is C15H16N4O2S. The van der Waals surface area contributed by atoms with Crippen LogP contribution in [-0.2, 0) is 11.3 Å². The average molecular weight is 316 g/mol.